The predicted octanol–water partition coefficient (Wildman–Crippen LogP) is 2.80. The Bertz CT molecular complexity index is 1530. The summed E-state index contributed by atoms with van der Waals surface area (Å²) in [5.74, 6) is -1.35. The van der Waals surface area contributed by atoms with Crippen LogP contribution in [0.25, 0.3) is 0 Å². The molecule has 1 aliphatic rings. The van der Waals surface area contributed by atoms with Gasteiger partial charge in [-0.25, -0.2) is 13.2 Å². The lowest BCUT2D eigenvalue weighted by atomic mass is 10.0. The molecular formula is C26H27N5O6S2. The SMILES string of the molecule is CNC(=O)NC(=O)c1c(NC(=O)c2ccc(S(=O)(=O)N(C)c3ccccc3)cc2)sc2c1CCN(C(C)=O)C2. The van der Waals surface area contributed by atoms with Gasteiger partial charge in [0.15, 0.2) is 0 Å². The fourth-order valence-electron chi connectivity index (χ4n) is 4.12. The van der Waals surface area contributed by atoms with Crippen LogP contribution in [0.5, 0.6) is 0 Å². The molecule has 0 fully saturated rings. The average Bonchev–Trinajstić information content (AvgIpc) is 3.30. The van der Waals surface area contributed by atoms with Gasteiger partial charge >= 0.3 is 6.03 Å². The molecule has 0 atom stereocenters. The maximum absolute atomic E-state index is 13.1. The second-order valence-electron chi connectivity index (χ2n) is 8.72. The van der Waals surface area contributed by atoms with Crippen molar-refractivity contribution in [2.24, 2.45) is 0 Å². The first-order valence-corrected chi connectivity index (χ1v) is 14.2. The van der Waals surface area contributed by atoms with E-state index in [9.17, 15) is 27.6 Å². The largest absolute Gasteiger partial charge is 0.341 e. The molecule has 13 heteroatoms. The van der Waals surface area contributed by atoms with Crippen LogP contribution in [0.4, 0.5) is 15.5 Å². The molecule has 0 saturated carbocycles. The zero-order valence-corrected chi connectivity index (χ0v) is 23.1. The molecule has 0 unspecified atom stereocenters. The summed E-state index contributed by atoms with van der Waals surface area (Å²) in [6.45, 7) is 2.15. The van der Waals surface area contributed by atoms with Crippen LogP contribution in [0.2, 0.25) is 0 Å². The predicted molar refractivity (Wildman–Crippen MR) is 147 cm³/mol. The highest BCUT2D eigenvalue weighted by molar-refractivity contribution is 7.92. The number of urea groups is 1. The highest BCUT2D eigenvalue weighted by Crippen LogP contribution is 2.37. The molecule has 5 amide bonds. The van der Waals surface area contributed by atoms with Gasteiger partial charge in [0.25, 0.3) is 21.8 Å². The average molecular weight is 570 g/mol. The number of carbonyl (C=O) groups excluding carboxylic acids is 4. The van der Waals surface area contributed by atoms with Gasteiger partial charge in [0.05, 0.1) is 22.7 Å². The zero-order chi connectivity index (χ0) is 28.3. The van der Waals surface area contributed by atoms with Gasteiger partial charge in [-0.3, -0.25) is 24.0 Å². The van der Waals surface area contributed by atoms with Gasteiger partial charge in [0, 0.05) is 38.0 Å². The number of rotatable bonds is 6. The van der Waals surface area contributed by atoms with Crippen molar-refractivity contribution in [2.45, 2.75) is 24.8 Å². The second kappa shape index (κ2) is 11.3. The van der Waals surface area contributed by atoms with Crippen molar-refractivity contribution >= 4 is 55.8 Å². The molecule has 0 radical (unpaired) electrons. The number of sulfonamides is 1. The van der Waals surface area contributed by atoms with E-state index in [1.807, 2.05) is 0 Å². The smallest absolute Gasteiger partial charge is 0.321 e. The van der Waals surface area contributed by atoms with E-state index in [0.717, 1.165) is 20.5 Å². The summed E-state index contributed by atoms with van der Waals surface area (Å²) in [5, 5.41) is 7.52. The van der Waals surface area contributed by atoms with Gasteiger partial charge in [-0.15, -0.1) is 11.3 Å². The number of nitrogens with one attached hydrogen (secondary N) is 3. The number of benzene rings is 2. The number of anilines is 2. The number of amides is 5. The number of fused-ring (bicyclic) bond motifs is 1. The Kier molecular flexibility index (Phi) is 8.02. The molecule has 2 heterocycles. The van der Waals surface area contributed by atoms with Crippen molar-refractivity contribution in [1.29, 1.82) is 0 Å². The number of hydrogen-bond donors (Lipinski definition) is 3. The number of nitrogens with zero attached hydrogens (tertiary/aromatic N) is 2. The minimum Gasteiger partial charge on any atom is -0.341 e. The minimum absolute atomic E-state index is 0.00644. The first-order chi connectivity index (χ1) is 18.5. The van der Waals surface area contributed by atoms with Crippen molar-refractivity contribution < 1.29 is 27.6 Å². The first-order valence-electron chi connectivity index (χ1n) is 11.9. The summed E-state index contributed by atoms with van der Waals surface area (Å²) in [6, 6.07) is 13.4. The van der Waals surface area contributed by atoms with Crippen LogP contribution in [-0.4, -0.2) is 57.7 Å². The van der Waals surface area contributed by atoms with Gasteiger partial charge < -0.3 is 15.5 Å². The van der Waals surface area contributed by atoms with Crippen LogP contribution in [0.1, 0.15) is 38.1 Å². The fourth-order valence-corrected chi connectivity index (χ4v) is 6.57. The third-order valence-electron chi connectivity index (χ3n) is 6.31. The molecule has 0 aliphatic carbocycles. The molecule has 4 rings (SSSR count). The van der Waals surface area contributed by atoms with Gasteiger partial charge in [0.1, 0.15) is 5.00 Å². The first kappa shape index (κ1) is 27.8. The van der Waals surface area contributed by atoms with Crippen molar-refractivity contribution in [3.05, 3.63) is 76.2 Å². The molecular weight excluding hydrogens is 542 g/mol. The number of hydrogen-bond acceptors (Lipinski definition) is 7. The molecule has 11 nitrogen and oxygen atoms in total. The van der Waals surface area contributed by atoms with E-state index in [2.05, 4.69) is 16.0 Å². The van der Waals surface area contributed by atoms with Crippen molar-refractivity contribution in [2.75, 3.05) is 30.3 Å². The lowest BCUT2D eigenvalue weighted by molar-refractivity contribution is -0.129. The Hall–Kier alpha value is -4.23. The van der Waals surface area contributed by atoms with Crippen LogP contribution in [0, 0.1) is 0 Å². The lowest BCUT2D eigenvalue weighted by Gasteiger charge is -2.26. The molecule has 1 aliphatic heterocycles. The van der Waals surface area contributed by atoms with E-state index in [1.54, 1.807) is 35.2 Å². The van der Waals surface area contributed by atoms with Crippen LogP contribution >= 0.6 is 11.3 Å². The minimum atomic E-state index is -3.86. The molecule has 204 valence electrons. The molecule has 3 N–H and O–H groups in total. The third kappa shape index (κ3) is 5.78. The van der Waals surface area contributed by atoms with E-state index < -0.39 is 27.9 Å². The van der Waals surface area contributed by atoms with Gasteiger partial charge in [-0.1, -0.05) is 18.2 Å². The molecule has 3 aromatic rings. The monoisotopic (exact) mass is 569 g/mol. The van der Waals surface area contributed by atoms with E-state index in [-0.39, 0.29) is 33.5 Å². The van der Waals surface area contributed by atoms with Crippen molar-refractivity contribution in [3.8, 4) is 0 Å². The Morgan fingerprint density at radius 3 is 2.26 bits per heavy atom. The highest BCUT2D eigenvalue weighted by Gasteiger charge is 2.30. The summed E-state index contributed by atoms with van der Waals surface area (Å²) in [6.07, 6.45) is 0.388. The van der Waals surface area contributed by atoms with Crippen molar-refractivity contribution in [1.82, 2.24) is 15.5 Å². The number of para-hydroxylation sites is 1. The molecule has 1 aromatic heterocycles. The van der Waals surface area contributed by atoms with Gasteiger partial charge in [-0.05, 0) is 48.4 Å². The molecule has 0 saturated heterocycles. The highest BCUT2D eigenvalue weighted by atomic mass is 32.2. The summed E-state index contributed by atoms with van der Waals surface area (Å²) in [7, 11) is -1.04. The van der Waals surface area contributed by atoms with Crippen LogP contribution in [0.15, 0.2) is 59.5 Å². The van der Waals surface area contributed by atoms with Crippen LogP contribution < -0.4 is 20.3 Å². The van der Waals surface area contributed by atoms with E-state index in [1.165, 1.54) is 45.3 Å². The second-order valence-corrected chi connectivity index (χ2v) is 11.8. The zero-order valence-electron chi connectivity index (χ0n) is 21.5. The van der Waals surface area contributed by atoms with Crippen LogP contribution in [0.3, 0.4) is 0 Å². The van der Waals surface area contributed by atoms with Gasteiger partial charge in [-0.2, -0.15) is 0 Å². The Morgan fingerprint density at radius 1 is 0.974 bits per heavy atom. The standard InChI is InChI=1S/C26H27N5O6S2/c1-16(32)31-14-13-20-21(15-31)38-25(22(20)24(34)29-26(35)27-2)28-23(33)17-9-11-19(12-10-17)39(36,37)30(3)18-7-5-4-6-8-18/h4-12H,13-15H2,1-3H3,(H,28,33)(H2,27,29,34,35). The summed E-state index contributed by atoms with van der Waals surface area (Å²) < 4.78 is 27.2. The van der Waals surface area contributed by atoms with E-state index in [0.29, 0.717) is 24.2 Å². The normalized spacial score (nSPS) is 12.7. The molecule has 0 spiro atoms. The van der Waals surface area contributed by atoms with Gasteiger partial charge in [0.2, 0.25) is 5.91 Å². The molecule has 2 aromatic carbocycles. The quantitative estimate of drug-likeness (QED) is 0.416. The fraction of sp³-hybridized carbons (Fsp3) is 0.231. The third-order valence-corrected chi connectivity index (χ3v) is 9.24. The Labute approximate surface area is 229 Å². The Balaban J connectivity index is 1.59. The maximum Gasteiger partial charge on any atom is 0.321 e. The number of carbonyl (C=O) groups is 4. The topological polar surface area (TPSA) is 145 Å². The van der Waals surface area contributed by atoms with Crippen molar-refractivity contribution in [3.63, 3.8) is 0 Å². The molecule has 0 bridgehead atoms. The summed E-state index contributed by atoms with van der Waals surface area (Å²) in [4.78, 5) is 52.2. The maximum atomic E-state index is 13.1. The van der Waals surface area contributed by atoms with Crippen LogP contribution in [-0.2, 0) is 27.8 Å². The Morgan fingerprint density at radius 2 is 1.64 bits per heavy atom. The lowest BCUT2D eigenvalue weighted by Crippen LogP contribution is -2.39. The van der Waals surface area contributed by atoms with E-state index in [4.69, 9.17) is 0 Å². The summed E-state index contributed by atoms with van der Waals surface area (Å²) >= 11 is 1.16. The van der Waals surface area contributed by atoms with E-state index >= 15 is 0 Å². The molecule has 39 heavy (non-hydrogen) atoms. The number of imide groups is 1. The summed E-state index contributed by atoms with van der Waals surface area (Å²) in [5.41, 5.74) is 1.50. The number of thiophene rings is 1.